The fourth-order valence-electron chi connectivity index (χ4n) is 2.18. The summed E-state index contributed by atoms with van der Waals surface area (Å²) in [6.07, 6.45) is 0. The molecule has 0 aliphatic heterocycles. The van der Waals surface area contributed by atoms with E-state index in [0.29, 0.717) is 10.6 Å². The SMILES string of the molecule is Cc1cccc(NC(=O)CN(C)Cc2c(F)cccc2Cl)c1. The van der Waals surface area contributed by atoms with Crippen molar-refractivity contribution in [3.63, 3.8) is 0 Å². The zero-order chi connectivity index (χ0) is 16.1. The van der Waals surface area contributed by atoms with Crippen LogP contribution in [-0.2, 0) is 11.3 Å². The molecule has 0 aliphatic carbocycles. The third-order valence-electron chi connectivity index (χ3n) is 3.21. The molecule has 1 amide bonds. The molecule has 0 fully saturated rings. The number of rotatable bonds is 5. The van der Waals surface area contributed by atoms with Gasteiger partial charge in [-0.3, -0.25) is 9.69 Å². The lowest BCUT2D eigenvalue weighted by atomic mass is 10.2. The van der Waals surface area contributed by atoms with E-state index in [1.165, 1.54) is 6.07 Å². The molecule has 0 bridgehead atoms. The van der Waals surface area contributed by atoms with Crippen molar-refractivity contribution in [3.05, 3.63) is 64.4 Å². The van der Waals surface area contributed by atoms with Crippen molar-refractivity contribution < 1.29 is 9.18 Å². The number of nitrogens with zero attached hydrogens (tertiary/aromatic N) is 1. The van der Waals surface area contributed by atoms with E-state index in [1.807, 2.05) is 31.2 Å². The molecule has 2 rings (SSSR count). The van der Waals surface area contributed by atoms with Gasteiger partial charge in [0.05, 0.1) is 6.54 Å². The first kappa shape index (κ1) is 16.5. The van der Waals surface area contributed by atoms with Gasteiger partial charge in [0.1, 0.15) is 5.82 Å². The summed E-state index contributed by atoms with van der Waals surface area (Å²) in [4.78, 5) is 13.7. The molecule has 0 atom stereocenters. The van der Waals surface area contributed by atoms with Crippen molar-refractivity contribution in [1.82, 2.24) is 4.90 Å². The maximum absolute atomic E-state index is 13.7. The van der Waals surface area contributed by atoms with E-state index >= 15 is 0 Å². The van der Waals surface area contributed by atoms with Crippen LogP contribution < -0.4 is 5.32 Å². The predicted octanol–water partition coefficient (Wildman–Crippen LogP) is 3.86. The topological polar surface area (TPSA) is 32.3 Å². The molecule has 3 nitrogen and oxygen atoms in total. The van der Waals surface area contributed by atoms with Gasteiger partial charge in [0, 0.05) is 22.8 Å². The molecule has 0 radical (unpaired) electrons. The number of anilines is 1. The van der Waals surface area contributed by atoms with E-state index in [9.17, 15) is 9.18 Å². The molecule has 2 aromatic carbocycles. The first-order chi connectivity index (χ1) is 10.5. The average Bonchev–Trinajstić information content (AvgIpc) is 2.43. The summed E-state index contributed by atoms with van der Waals surface area (Å²) < 4.78 is 13.7. The number of hydrogen-bond acceptors (Lipinski definition) is 2. The van der Waals surface area contributed by atoms with Crippen molar-refractivity contribution in [2.24, 2.45) is 0 Å². The Bertz CT molecular complexity index is 655. The highest BCUT2D eigenvalue weighted by atomic mass is 35.5. The number of halogens is 2. The summed E-state index contributed by atoms with van der Waals surface area (Å²) in [5.41, 5.74) is 2.22. The van der Waals surface area contributed by atoms with Gasteiger partial charge in [-0.1, -0.05) is 29.8 Å². The standard InChI is InChI=1S/C17H18ClFN2O/c1-12-5-3-6-13(9-12)20-17(22)11-21(2)10-14-15(18)7-4-8-16(14)19/h3-9H,10-11H2,1-2H3,(H,20,22). The van der Waals surface area contributed by atoms with Crippen molar-refractivity contribution in [2.45, 2.75) is 13.5 Å². The second-order valence-corrected chi connectivity index (χ2v) is 5.70. The first-order valence-corrected chi connectivity index (χ1v) is 7.31. The van der Waals surface area contributed by atoms with Crippen molar-refractivity contribution in [3.8, 4) is 0 Å². The molecule has 0 saturated carbocycles. The van der Waals surface area contributed by atoms with Crippen LogP contribution in [0.25, 0.3) is 0 Å². The van der Waals surface area contributed by atoms with Gasteiger partial charge in [-0.2, -0.15) is 0 Å². The van der Waals surface area contributed by atoms with E-state index in [1.54, 1.807) is 24.1 Å². The van der Waals surface area contributed by atoms with Crippen LogP contribution in [-0.4, -0.2) is 24.4 Å². The van der Waals surface area contributed by atoms with E-state index in [-0.39, 0.29) is 24.8 Å². The second-order valence-electron chi connectivity index (χ2n) is 5.29. The minimum atomic E-state index is -0.363. The minimum absolute atomic E-state index is 0.151. The van der Waals surface area contributed by atoms with E-state index < -0.39 is 0 Å². The van der Waals surface area contributed by atoms with Crippen LogP contribution in [0.4, 0.5) is 10.1 Å². The van der Waals surface area contributed by atoms with Gasteiger partial charge in [-0.25, -0.2) is 4.39 Å². The van der Waals surface area contributed by atoms with Gasteiger partial charge in [0.25, 0.3) is 0 Å². The molecule has 0 aromatic heterocycles. The minimum Gasteiger partial charge on any atom is -0.325 e. The summed E-state index contributed by atoms with van der Waals surface area (Å²) in [5, 5.41) is 3.19. The van der Waals surface area contributed by atoms with Crippen molar-refractivity contribution in [2.75, 3.05) is 18.9 Å². The Balaban J connectivity index is 1.94. The summed E-state index contributed by atoms with van der Waals surface area (Å²) in [6.45, 7) is 2.38. The smallest absolute Gasteiger partial charge is 0.238 e. The lowest BCUT2D eigenvalue weighted by Crippen LogP contribution is -2.30. The maximum Gasteiger partial charge on any atom is 0.238 e. The number of carbonyl (C=O) groups is 1. The molecule has 5 heteroatoms. The van der Waals surface area contributed by atoms with Crippen LogP contribution in [0.5, 0.6) is 0 Å². The van der Waals surface area contributed by atoms with Crippen LogP contribution in [0.1, 0.15) is 11.1 Å². The first-order valence-electron chi connectivity index (χ1n) is 6.93. The number of hydrogen-bond donors (Lipinski definition) is 1. The highest BCUT2D eigenvalue weighted by Gasteiger charge is 2.12. The molecule has 1 N–H and O–H groups in total. The molecule has 0 spiro atoms. The monoisotopic (exact) mass is 320 g/mol. The molecule has 0 saturated heterocycles. The molecular weight excluding hydrogens is 303 g/mol. The molecule has 116 valence electrons. The van der Waals surface area contributed by atoms with Gasteiger partial charge in [-0.15, -0.1) is 0 Å². The summed E-state index contributed by atoms with van der Waals surface area (Å²) in [7, 11) is 1.75. The molecule has 22 heavy (non-hydrogen) atoms. The number of benzene rings is 2. The number of aryl methyl sites for hydroxylation is 1. The van der Waals surface area contributed by atoms with E-state index in [2.05, 4.69) is 5.32 Å². The molecular formula is C17H18ClFN2O. The van der Waals surface area contributed by atoms with Crippen molar-refractivity contribution >= 4 is 23.2 Å². The zero-order valence-corrected chi connectivity index (χ0v) is 13.3. The fraction of sp³-hybridized carbons (Fsp3) is 0.235. The van der Waals surface area contributed by atoms with Gasteiger partial charge < -0.3 is 5.32 Å². The normalized spacial score (nSPS) is 10.8. The number of carbonyl (C=O) groups excluding carboxylic acids is 1. The molecule has 0 heterocycles. The third-order valence-corrected chi connectivity index (χ3v) is 3.56. The zero-order valence-electron chi connectivity index (χ0n) is 12.6. The quantitative estimate of drug-likeness (QED) is 0.907. The van der Waals surface area contributed by atoms with Gasteiger partial charge in [0.15, 0.2) is 0 Å². The Hall–Kier alpha value is -1.91. The lowest BCUT2D eigenvalue weighted by molar-refractivity contribution is -0.117. The number of likely N-dealkylation sites (N-methyl/N-ethyl adjacent to an activating group) is 1. The van der Waals surface area contributed by atoms with Gasteiger partial charge >= 0.3 is 0 Å². The Kier molecular flexibility index (Phi) is 5.52. The van der Waals surface area contributed by atoms with Crippen LogP contribution in [0.3, 0.4) is 0 Å². The van der Waals surface area contributed by atoms with Crippen LogP contribution >= 0.6 is 11.6 Å². The lowest BCUT2D eigenvalue weighted by Gasteiger charge is -2.17. The average molecular weight is 321 g/mol. The molecule has 0 unspecified atom stereocenters. The molecule has 0 aliphatic rings. The second kappa shape index (κ2) is 7.38. The number of amides is 1. The van der Waals surface area contributed by atoms with E-state index in [0.717, 1.165) is 11.3 Å². The predicted molar refractivity (Wildman–Crippen MR) is 87.6 cm³/mol. The van der Waals surface area contributed by atoms with Crippen LogP contribution in [0, 0.1) is 12.7 Å². The highest BCUT2D eigenvalue weighted by Crippen LogP contribution is 2.20. The summed E-state index contributed by atoms with van der Waals surface area (Å²) in [6, 6.07) is 12.1. The van der Waals surface area contributed by atoms with Crippen molar-refractivity contribution in [1.29, 1.82) is 0 Å². The van der Waals surface area contributed by atoms with E-state index in [4.69, 9.17) is 11.6 Å². The number of nitrogens with one attached hydrogen (secondary N) is 1. The molecule has 2 aromatic rings. The fourth-order valence-corrected chi connectivity index (χ4v) is 2.40. The summed E-state index contributed by atoms with van der Waals surface area (Å²) >= 11 is 5.99. The Labute approximate surface area is 134 Å². The Morgan fingerprint density at radius 3 is 2.68 bits per heavy atom. The largest absolute Gasteiger partial charge is 0.325 e. The Morgan fingerprint density at radius 1 is 1.27 bits per heavy atom. The van der Waals surface area contributed by atoms with Crippen LogP contribution in [0.2, 0.25) is 5.02 Å². The van der Waals surface area contributed by atoms with Gasteiger partial charge in [-0.05, 0) is 43.8 Å². The maximum atomic E-state index is 13.7. The third kappa shape index (κ3) is 4.55. The van der Waals surface area contributed by atoms with Gasteiger partial charge in [0.2, 0.25) is 5.91 Å². The highest BCUT2D eigenvalue weighted by molar-refractivity contribution is 6.31. The summed E-state index contributed by atoms with van der Waals surface area (Å²) in [5.74, 6) is -0.515. The van der Waals surface area contributed by atoms with Crippen LogP contribution in [0.15, 0.2) is 42.5 Å². The Morgan fingerprint density at radius 2 is 2.00 bits per heavy atom.